The number of nitrogens with zero attached hydrogens (tertiary/aromatic N) is 3. The van der Waals surface area contributed by atoms with E-state index in [4.69, 9.17) is 0 Å². The lowest BCUT2D eigenvalue weighted by Gasteiger charge is -2.38. The fraction of sp³-hybridized carbons (Fsp3) is 0.333. The molecule has 35 heavy (non-hydrogen) atoms. The fourth-order valence-electron chi connectivity index (χ4n) is 4.47. The van der Waals surface area contributed by atoms with Gasteiger partial charge in [-0.2, -0.15) is 0 Å². The molecule has 2 atom stereocenters. The van der Waals surface area contributed by atoms with Crippen LogP contribution < -0.4 is 0 Å². The smallest absolute Gasteiger partial charge is 0.269 e. The molecule has 182 valence electrons. The van der Waals surface area contributed by atoms with Gasteiger partial charge in [0.1, 0.15) is 6.54 Å². The number of benzene rings is 2. The lowest BCUT2D eigenvalue weighted by atomic mass is 9.92. The van der Waals surface area contributed by atoms with Crippen molar-refractivity contribution in [1.82, 2.24) is 9.80 Å². The van der Waals surface area contributed by atoms with Crippen molar-refractivity contribution < 1.29 is 14.5 Å². The number of fused-ring (bicyclic) bond motifs is 1. The van der Waals surface area contributed by atoms with Crippen LogP contribution in [-0.2, 0) is 11.2 Å². The molecular weight excluding hydrogens is 462 g/mol. The second-order valence-corrected chi connectivity index (χ2v) is 9.94. The number of nitro groups is 1. The van der Waals surface area contributed by atoms with Crippen LogP contribution in [-0.4, -0.2) is 45.7 Å². The van der Waals surface area contributed by atoms with Crippen LogP contribution in [0.3, 0.4) is 0 Å². The zero-order chi connectivity index (χ0) is 25.1. The Morgan fingerprint density at radius 2 is 1.83 bits per heavy atom. The molecule has 2 aromatic carbocycles. The Morgan fingerprint density at radius 1 is 1.14 bits per heavy atom. The van der Waals surface area contributed by atoms with Crippen LogP contribution in [0.25, 0.3) is 0 Å². The molecule has 7 nitrogen and oxygen atoms in total. The van der Waals surface area contributed by atoms with Gasteiger partial charge in [-0.15, -0.1) is 11.3 Å². The van der Waals surface area contributed by atoms with Gasteiger partial charge in [-0.05, 0) is 61.4 Å². The van der Waals surface area contributed by atoms with E-state index < -0.39 is 4.92 Å². The van der Waals surface area contributed by atoms with Gasteiger partial charge in [-0.1, -0.05) is 36.8 Å². The summed E-state index contributed by atoms with van der Waals surface area (Å²) >= 11 is 1.72. The molecule has 0 aliphatic carbocycles. The number of hydrogen-bond acceptors (Lipinski definition) is 5. The highest BCUT2D eigenvalue weighted by atomic mass is 32.1. The Labute approximate surface area is 209 Å². The van der Waals surface area contributed by atoms with Crippen LogP contribution in [0.5, 0.6) is 0 Å². The first kappa shape index (κ1) is 24.6. The van der Waals surface area contributed by atoms with E-state index in [-0.39, 0.29) is 36.1 Å². The largest absolute Gasteiger partial charge is 0.330 e. The van der Waals surface area contributed by atoms with Crippen LogP contribution in [0.1, 0.15) is 58.2 Å². The van der Waals surface area contributed by atoms with Gasteiger partial charge < -0.3 is 9.80 Å². The molecule has 0 N–H and O–H groups in total. The number of thiophene rings is 1. The number of aryl methyl sites for hydroxylation is 1. The summed E-state index contributed by atoms with van der Waals surface area (Å²) in [7, 11) is 0. The molecule has 1 aromatic heterocycles. The number of carbonyl (C=O) groups is 2. The van der Waals surface area contributed by atoms with E-state index in [0.29, 0.717) is 18.5 Å². The molecule has 0 saturated heterocycles. The van der Waals surface area contributed by atoms with Gasteiger partial charge in [-0.25, -0.2) is 0 Å². The highest BCUT2D eigenvalue weighted by Gasteiger charge is 2.34. The van der Waals surface area contributed by atoms with Gasteiger partial charge in [0.15, 0.2) is 0 Å². The van der Waals surface area contributed by atoms with Gasteiger partial charge in [0.05, 0.1) is 11.0 Å². The molecule has 1 aliphatic rings. The molecule has 0 fully saturated rings. The highest BCUT2D eigenvalue weighted by molar-refractivity contribution is 7.10. The summed E-state index contributed by atoms with van der Waals surface area (Å²) in [6.07, 6.45) is 1.48. The van der Waals surface area contributed by atoms with Crippen LogP contribution in [0.15, 0.2) is 60.0 Å². The molecule has 0 radical (unpaired) electrons. The predicted molar refractivity (Wildman–Crippen MR) is 137 cm³/mol. The Balaban J connectivity index is 1.62. The summed E-state index contributed by atoms with van der Waals surface area (Å²) in [6, 6.07) is 15.5. The van der Waals surface area contributed by atoms with E-state index in [1.54, 1.807) is 16.2 Å². The minimum Gasteiger partial charge on any atom is -0.330 e. The average molecular weight is 492 g/mol. The monoisotopic (exact) mass is 491 g/mol. The molecule has 2 heterocycles. The Morgan fingerprint density at radius 3 is 2.46 bits per heavy atom. The SMILES string of the molecule is CCC(C)N(CC(=O)N1CCc2sccc2C1c1ccc(C)cc1)C(=O)c1ccc([N+](=O)[O-])cc1. The molecule has 2 amide bonds. The number of non-ortho nitro benzene ring substituents is 1. The normalized spacial score (nSPS) is 15.9. The van der Waals surface area contributed by atoms with E-state index in [9.17, 15) is 19.7 Å². The molecule has 3 aromatic rings. The van der Waals surface area contributed by atoms with E-state index in [1.165, 1.54) is 29.1 Å². The fourth-order valence-corrected chi connectivity index (χ4v) is 5.37. The average Bonchev–Trinajstić information content (AvgIpc) is 3.35. The van der Waals surface area contributed by atoms with Crippen LogP contribution in [0.2, 0.25) is 0 Å². The lowest BCUT2D eigenvalue weighted by molar-refractivity contribution is -0.384. The van der Waals surface area contributed by atoms with Crippen molar-refractivity contribution in [2.24, 2.45) is 0 Å². The molecule has 4 rings (SSSR count). The summed E-state index contributed by atoms with van der Waals surface area (Å²) in [5, 5.41) is 13.1. The molecule has 0 saturated carbocycles. The third-order valence-corrected chi connectivity index (χ3v) is 7.69. The quantitative estimate of drug-likeness (QED) is 0.328. The Kier molecular flexibility index (Phi) is 7.31. The second kappa shape index (κ2) is 10.4. The highest BCUT2D eigenvalue weighted by Crippen LogP contribution is 2.38. The predicted octanol–water partition coefficient (Wildman–Crippen LogP) is 5.38. The first-order valence-corrected chi connectivity index (χ1v) is 12.7. The second-order valence-electron chi connectivity index (χ2n) is 8.94. The Hall–Kier alpha value is -3.52. The van der Waals surface area contributed by atoms with E-state index in [2.05, 4.69) is 35.7 Å². The summed E-state index contributed by atoms with van der Waals surface area (Å²) in [5.74, 6) is -0.411. The van der Waals surface area contributed by atoms with E-state index in [1.807, 2.05) is 25.7 Å². The third kappa shape index (κ3) is 5.12. The first-order valence-electron chi connectivity index (χ1n) is 11.8. The molecule has 8 heteroatoms. The third-order valence-electron chi connectivity index (χ3n) is 6.69. The van der Waals surface area contributed by atoms with Crippen LogP contribution in [0.4, 0.5) is 5.69 Å². The van der Waals surface area contributed by atoms with Gasteiger partial charge in [-0.3, -0.25) is 19.7 Å². The van der Waals surface area contributed by atoms with Crippen LogP contribution in [0, 0.1) is 17.0 Å². The number of nitro benzene ring substituents is 1. The molecule has 1 aliphatic heterocycles. The van der Waals surface area contributed by atoms with Gasteiger partial charge in [0.2, 0.25) is 5.91 Å². The minimum atomic E-state index is -0.496. The number of carbonyl (C=O) groups excluding carboxylic acids is 2. The zero-order valence-corrected chi connectivity index (χ0v) is 21.0. The Bertz CT molecular complexity index is 1220. The standard InChI is InChI=1S/C27H29N3O4S/c1-4-19(3)29(27(32)21-9-11-22(12-10-21)30(33)34)17-25(31)28-15-13-24-23(14-16-35-24)26(28)20-7-5-18(2)6-8-20/h5-12,14,16,19,26H,4,13,15,17H2,1-3H3. The summed E-state index contributed by atoms with van der Waals surface area (Å²) < 4.78 is 0. The first-order chi connectivity index (χ1) is 16.8. The van der Waals surface area contributed by atoms with Crippen molar-refractivity contribution in [2.75, 3.05) is 13.1 Å². The van der Waals surface area contributed by atoms with Gasteiger partial charge in [0.25, 0.3) is 11.6 Å². The van der Waals surface area contributed by atoms with Crippen molar-refractivity contribution in [1.29, 1.82) is 0 Å². The molecular formula is C27H29N3O4S. The van der Waals surface area contributed by atoms with Gasteiger partial charge in [0, 0.05) is 35.2 Å². The summed E-state index contributed by atoms with van der Waals surface area (Å²) in [6.45, 7) is 6.47. The topological polar surface area (TPSA) is 83.8 Å². The van der Waals surface area contributed by atoms with Crippen molar-refractivity contribution in [2.45, 2.75) is 45.7 Å². The number of hydrogen-bond donors (Lipinski definition) is 0. The number of amides is 2. The van der Waals surface area contributed by atoms with Crippen molar-refractivity contribution in [3.8, 4) is 0 Å². The van der Waals surface area contributed by atoms with E-state index >= 15 is 0 Å². The summed E-state index contributed by atoms with van der Waals surface area (Å²) in [5.41, 5.74) is 3.62. The van der Waals surface area contributed by atoms with E-state index in [0.717, 1.165) is 23.1 Å². The maximum Gasteiger partial charge on any atom is 0.269 e. The van der Waals surface area contributed by atoms with Crippen molar-refractivity contribution >= 4 is 28.8 Å². The number of rotatable bonds is 7. The summed E-state index contributed by atoms with van der Waals surface area (Å²) in [4.78, 5) is 42.4. The molecule has 0 bridgehead atoms. The zero-order valence-electron chi connectivity index (χ0n) is 20.1. The minimum absolute atomic E-state index is 0.0489. The maximum absolute atomic E-state index is 13.7. The lowest BCUT2D eigenvalue weighted by Crippen LogP contribution is -2.49. The molecule has 2 unspecified atom stereocenters. The van der Waals surface area contributed by atoms with Crippen molar-refractivity contribution in [3.63, 3.8) is 0 Å². The maximum atomic E-state index is 13.7. The van der Waals surface area contributed by atoms with Crippen LogP contribution >= 0.6 is 11.3 Å². The van der Waals surface area contributed by atoms with Gasteiger partial charge >= 0.3 is 0 Å². The van der Waals surface area contributed by atoms with Crippen molar-refractivity contribution in [3.05, 3.63) is 97.2 Å². The molecule has 0 spiro atoms.